The Labute approximate surface area is 156 Å². The fourth-order valence-corrected chi connectivity index (χ4v) is 3.70. The van der Waals surface area contributed by atoms with Crippen LogP contribution in [0.1, 0.15) is 24.4 Å². The van der Waals surface area contributed by atoms with Crippen molar-refractivity contribution >= 4 is 23.5 Å². The van der Waals surface area contributed by atoms with E-state index in [-0.39, 0.29) is 5.91 Å². The molecule has 8 heteroatoms. The number of hydrogen-bond donors (Lipinski definition) is 1. The van der Waals surface area contributed by atoms with Crippen LogP contribution in [0.3, 0.4) is 0 Å². The van der Waals surface area contributed by atoms with Gasteiger partial charge in [0.15, 0.2) is 0 Å². The van der Waals surface area contributed by atoms with Crippen LogP contribution in [0.15, 0.2) is 35.5 Å². The van der Waals surface area contributed by atoms with Crippen LogP contribution >= 0.6 is 11.6 Å². The summed E-state index contributed by atoms with van der Waals surface area (Å²) >= 11 is 6.48. The molecule has 26 heavy (non-hydrogen) atoms. The minimum Gasteiger partial charge on any atom is -0.378 e. The number of carbonyl (C=O) groups is 1. The first-order valence-electron chi connectivity index (χ1n) is 8.58. The molecule has 1 unspecified atom stereocenters. The third-order valence-corrected chi connectivity index (χ3v) is 5.03. The Morgan fingerprint density at radius 3 is 2.73 bits per heavy atom. The first kappa shape index (κ1) is 17.1. The molecule has 4 rings (SSSR count). The lowest BCUT2D eigenvalue weighted by Crippen LogP contribution is -2.44. The molecule has 3 heterocycles. The first-order valence-corrected chi connectivity index (χ1v) is 8.96. The van der Waals surface area contributed by atoms with Crippen molar-refractivity contribution in [3.8, 4) is 0 Å². The number of allylic oxidation sites excluding steroid dienone is 1. The molecule has 1 fully saturated rings. The van der Waals surface area contributed by atoms with Gasteiger partial charge in [-0.05, 0) is 19.9 Å². The summed E-state index contributed by atoms with van der Waals surface area (Å²) in [5.41, 5.74) is 2.24. The van der Waals surface area contributed by atoms with E-state index in [1.165, 1.54) is 0 Å². The average Bonchev–Trinajstić information content (AvgIpc) is 3.01. The molecular weight excluding hydrogens is 354 g/mol. The summed E-state index contributed by atoms with van der Waals surface area (Å²) in [4.78, 5) is 19.6. The predicted octanol–water partition coefficient (Wildman–Crippen LogP) is 2.39. The Kier molecular flexibility index (Phi) is 4.42. The van der Waals surface area contributed by atoms with Gasteiger partial charge < -0.3 is 15.0 Å². The van der Waals surface area contributed by atoms with Gasteiger partial charge in [-0.15, -0.1) is 0 Å². The minimum atomic E-state index is -0.420. The Bertz CT molecular complexity index is 885. The number of nitrogens with zero attached hydrogens (tertiary/aromatic N) is 4. The van der Waals surface area contributed by atoms with Gasteiger partial charge in [-0.3, -0.25) is 4.79 Å². The number of nitrogens with one attached hydrogen (secondary N) is 1. The smallest absolute Gasteiger partial charge is 0.254 e. The highest BCUT2D eigenvalue weighted by Gasteiger charge is 2.37. The molecule has 7 nitrogen and oxygen atoms in total. The monoisotopic (exact) mass is 373 g/mol. The Balaban J connectivity index is 1.84. The molecule has 1 aromatic heterocycles. The number of halogens is 1. The van der Waals surface area contributed by atoms with E-state index in [4.69, 9.17) is 16.3 Å². The van der Waals surface area contributed by atoms with Crippen LogP contribution in [-0.2, 0) is 9.53 Å². The Hall–Kier alpha value is -2.38. The number of ether oxygens (including phenoxy) is 1. The first-order chi connectivity index (χ1) is 12.6. The zero-order chi connectivity index (χ0) is 18.3. The van der Waals surface area contributed by atoms with E-state index in [0.29, 0.717) is 48.7 Å². The van der Waals surface area contributed by atoms with Crippen molar-refractivity contribution in [3.63, 3.8) is 0 Å². The van der Waals surface area contributed by atoms with E-state index in [1.54, 1.807) is 4.68 Å². The number of fused-ring (bicyclic) bond motifs is 1. The van der Waals surface area contributed by atoms with Crippen LogP contribution in [-0.4, -0.2) is 51.9 Å². The highest BCUT2D eigenvalue weighted by Crippen LogP contribution is 2.38. The van der Waals surface area contributed by atoms with Gasteiger partial charge in [0.25, 0.3) is 5.91 Å². The molecule has 0 saturated carbocycles. The summed E-state index contributed by atoms with van der Waals surface area (Å²) in [5.74, 6) is 1.22. The van der Waals surface area contributed by atoms with Crippen LogP contribution in [0.4, 0.5) is 5.95 Å². The molecule has 1 amide bonds. The molecule has 1 atom stereocenters. The SMILES string of the molecule is CC1=C(C(=O)N2CCOCC2)C(c2ccccc2Cl)n2nc(C)nc2N1. The number of anilines is 1. The van der Waals surface area contributed by atoms with E-state index in [1.807, 2.05) is 43.0 Å². The number of carbonyl (C=O) groups excluding carboxylic acids is 1. The fraction of sp³-hybridized carbons (Fsp3) is 0.389. The summed E-state index contributed by atoms with van der Waals surface area (Å²) in [6.07, 6.45) is 0. The number of aromatic nitrogens is 3. The quantitative estimate of drug-likeness (QED) is 0.875. The van der Waals surface area contributed by atoms with Crippen molar-refractivity contribution in [2.75, 3.05) is 31.6 Å². The van der Waals surface area contributed by atoms with Crippen LogP contribution in [0.25, 0.3) is 0 Å². The lowest BCUT2D eigenvalue weighted by molar-refractivity contribution is -0.131. The fourth-order valence-electron chi connectivity index (χ4n) is 3.46. The van der Waals surface area contributed by atoms with Crippen molar-refractivity contribution in [2.45, 2.75) is 19.9 Å². The highest BCUT2D eigenvalue weighted by molar-refractivity contribution is 6.31. The van der Waals surface area contributed by atoms with Gasteiger partial charge in [0.05, 0.1) is 18.8 Å². The largest absolute Gasteiger partial charge is 0.378 e. The summed E-state index contributed by atoms with van der Waals surface area (Å²) in [6.45, 7) is 5.98. The van der Waals surface area contributed by atoms with E-state index in [0.717, 1.165) is 11.3 Å². The van der Waals surface area contributed by atoms with Crippen molar-refractivity contribution in [1.29, 1.82) is 0 Å². The molecule has 0 spiro atoms. The van der Waals surface area contributed by atoms with Gasteiger partial charge in [0.2, 0.25) is 5.95 Å². The lowest BCUT2D eigenvalue weighted by atomic mass is 9.94. The van der Waals surface area contributed by atoms with E-state index < -0.39 is 6.04 Å². The van der Waals surface area contributed by atoms with Gasteiger partial charge in [-0.25, -0.2) is 4.68 Å². The standard InChI is InChI=1S/C18H20ClN5O2/c1-11-15(17(25)23-7-9-26-10-8-23)16(13-5-3-4-6-14(13)19)24-18(20-11)21-12(2)22-24/h3-6,16H,7-10H2,1-2H3,(H,20,21,22). The van der Waals surface area contributed by atoms with Gasteiger partial charge >= 0.3 is 0 Å². The van der Waals surface area contributed by atoms with E-state index in [2.05, 4.69) is 15.4 Å². The van der Waals surface area contributed by atoms with Crippen molar-refractivity contribution in [1.82, 2.24) is 19.7 Å². The highest BCUT2D eigenvalue weighted by atomic mass is 35.5. The summed E-state index contributed by atoms with van der Waals surface area (Å²) in [5, 5.41) is 8.33. The van der Waals surface area contributed by atoms with E-state index in [9.17, 15) is 4.79 Å². The number of rotatable bonds is 2. The number of benzene rings is 1. The summed E-state index contributed by atoms with van der Waals surface area (Å²) in [6, 6.07) is 7.13. The minimum absolute atomic E-state index is 0.0259. The zero-order valence-corrected chi connectivity index (χ0v) is 15.5. The third kappa shape index (κ3) is 2.87. The predicted molar refractivity (Wildman–Crippen MR) is 98.1 cm³/mol. The molecule has 2 aliphatic heterocycles. The summed E-state index contributed by atoms with van der Waals surface area (Å²) < 4.78 is 7.13. The normalized spacial score (nSPS) is 20.0. The van der Waals surface area contributed by atoms with Gasteiger partial charge in [0, 0.05) is 29.4 Å². The molecule has 1 saturated heterocycles. The number of aryl methyl sites for hydroxylation is 1. The average molecular weight is 374 g/mol. The summed E-state index contributed by atoms with van der Waals surface area (Å²) in [7, 11) is 0. The number of hydrogen-bond acceptors (Lipinski definition) is 5. The Morgan fingerprint density at radius 1 is 1.27 bits per heavy atom. The van der Waals surface area contributed by atoms with Crippen molar-refractivity contribution < 1.29 is 9.53 Å². The number of morpholine rings is 1. The van der Waals surface area contributed by atoms with Gasteiger partial charge in [0.1, 0.15) is 11.9 Å². The van der Waals surface area contributed by atoms with Crippen LogP contribution < -0.4 is 5.32 Å². The second kappa shape index (κ2) is 6.74. The second-order valence-electron chi connectivity index (χ2n) is 6.42. The maximum Gasteiger partial charge on any atom is 0.254 e. The molecule has 0 aliphatic carbocycles. The molecule has 0 bridgehead atoms. The molecule has 2 aromatic rings. The number of amides is 1. The third-order valence-electron chi connectivity index (χ3n) is 4.69. The van der Waals surface area contributed by atoms with Crippen LogP contribution in [0.5, 0.6) is 0 Å². The second-order valence-corrected chi connectivity index (χ2v) is 6.83. The molecule has 1 aromatic carbocycles. The Morgan fingerprint density at radius 2 is 2.00 bits per heavy atom. The maximum absolute atomic E-state index is 13.3. The zero-order valence-electron chi connectivity index (χ0n) is 14.7. The van der Waals surface area contributed by atoms with Gasteiger partial charge in [-0.1, -0.05) is 29.8 Å². The van der Waals surface area contributed by atoms with Crippen molar-refractivity contribution in [3.05, 3.63) is 51.9 Å². The maximum atomic E-state index is 13.3. The topological polar surface area (TPSA) is 72.3 Å². The van der Waals surface area contributed by atoms with Crippen LogP contribution in [0, 0.1) is 6.92 Å². The van der Waals surface area contributed by atoms with Crippen molar-refractivity contribution in [2.24, 2.45) is 0 Å². The lowest BCUT2D eigenvalue weighted by Gasteiger charge is -2.34. The molecule has 136 valence electrons. The molecule has 0 radical (unpaired) electrons. The molecule has 1 N–H and O–H groups in total. The van der Waals surface area contributed by atoms with E-state index >= 15 is 0 Å². The molecular formula is C18H20ClN5O2. The van der Waals surface area contributed by atoms with Crippen LogP contribution in [0.2, 0.25) is 5.02 Å². The molecule has 2 aliphatic rings. The van der Waals surface area contributed by atoms with Gasteiger partial charge in [-0.2, -0.15) is 10.1 Å².